The van der Waals surface area contributed by atoms with E-state index in [9.17, 15) is 4.79 Å². The average Bonchev–Trinajstić information content (AvgIpc) is 3.26. The molecule has 1 amide bonds. The maximum Gasteiger partial charge on any atom is 0.246 e. The molecule has 3 heterocycles. The van der Waals surface area contributed by atoms with Gasteiger partial charge >= 0.3 is 0 Å². The highest BCUT2D eigenvalue weighted by Crippen LogP contribution is 2.38. The minimum atomic E-state index is -0.0858. The van der Waals surface area contributed by atoms with E-state index in [1.54, 1.807) is 4.90 Å². The van der Waals surface area contributed by atoms with Crippen LogP contribution in [0.2, 0.25) is 0 Å². The Balaban J connectivity index is 2.10. The number of carbonyl (C=O) groups is 1. The van der Waals surface area contributed by atoms with Crippen molar-refractivity contribution in [2.24, 2.45) is 0 Å². The first-order valence-corrected chi connectivity index (χ1v) is 8.85. The molecule has 7 nitrogen and oxygen atoms in total. The van der Waals surface area contributed by atoms with Gasteiger partial charge in [0.2, 0.25) is 5.91 Å². The third-order valence-corrected chi connectivity index (χ3v) is 5.65. The summed E-state index contributed by atoms with van der Waals surface area (Å²) in [6.45, 7) is 11.4. The Bertz CT molecular complexity index is 807. The number of carbonyl (C=O) groups excluding carboxylic acids is 1. The van der Waals surface area contributed by atoms with Gasteiger partial charge in [0.1, 0.15) is 12.1 Å². The molecule has 1 aliphatic heterocycles. The Hall–Kier alpha value is -2.44. The SMILES string of the molecule is C=CC(=O)N1CC[C@@H](n2nc(C(C)(CC)CC)c3c(N)ncnc32)C1. The normalized spacial score (nSPS) is 18.0. The molecule has 0 spiro atoms. The fourth-order valence-corrected chi connectivity index (χ4v) is 3.53. The fourth-order valence-electron chi connectivity index (χ4n) is 3.53. The van der Waals surface area contributed by atoms with Crippen LogP contribution in [-0.4, -0.2) is 43.6 Å². The van der Waals surface area contributed by atoms with Crippen LogP contribution in [0.5, 0.6) is 0 Å². The van der Waals surface area contributed by atoms with Gasteiger partial charge in [-0.25, -0.2) is 14.6 Å². The first-order valence-electron chi connectivity index (χ1n) is 8.85. The highest BCUT2D eigenvalue weighted by molar-refractivity contribution is 5.89. The van der Waals surface area contributed by atoms with Crippen molar-refractivity contribution in [1.82, 2.24) is 24.6 Å². The highest BCUT2D eigenvalue weighted by Gasteiger charge is 2.34. The molecular formula is C18H26N6O. The van der Waals surface area contributed by atoms with Crippen LogP contribution in [0.15, 0.2) is 19.0 Å². The van der Waals surface area contributed by atoms with E-state index in [1.807, 2.05) is 4.68 Å². The number of amides is 1. The number of aromatic nitrogens is 4. The van der Waals surface area contributed by atoms with E-state index in [-0.39, 0.29) is 17.4 Å². The maximum absolute atomic E-state index is 11.9. The van der Waals surface area contributed by atoms with Crippen LogP contribution in [0, 0.1) is 0 Å². The molecule has 2 aromatic heterocycles. The van der Waals surface area contributed by atoms with E-state index in [0.29, 0.717) is 18.9 Å². The minimum Gasteiger partial charge on any atom is -0.383 e. The van der Waals surface area contributed by atoms with Crippen molar-refractivity contribution in [3.63, 3.8) is 0 Å². The van der Waals surface area contributed by atoms with Gasteiger partial charge in [0, 0.05) is 18.5 Å². The molecule has 0 unspecified atom stereocenters. The molecule has 25 heavy (non-hydrogen) atoms. The second kappa shape index (κ2) is 6.46. The summed E-state index contributed by atoms with van der Waals surface area (Å²) < 4.78 is 1.95. The third kappa shape index (κ3) is 2.77. The maximum atomic E-state index is 11.9. The third-order valence-electron chi connectivity index (χ3n) is 5.65. The molecule has 1 aliphatic rings. The molecule has 0 aliphatic carbocycles. The van der Waals surface area contributed by atoms with Gasteiger partial charge in [-0.1, -0.05) is 27.4 Å². The molecule has 2 N–H and O–H groups in total. The number of fused-ring (bicyclic) bond motifs is 1. The minimum absolute atomic E-state index is 0.0414. The van der Waals surface area contributed by atoms with Crippen molar-refractivity contribution in [3.8, 4) is 0 Å². The molecule has 3 rings (SSSR count). The number of hydrogen-bond donors (Lipinski definition) is 1. The lowest BCUT2D eigenvalue weighted by Crippen LogP contribution is -2.27. The number of anilines is 1. The van der Waals surface area contributed by atoms with Crippen LogP contribution in [0.3, 0.4) is 0 Å². The number of hydrogen-bond acceptors (Lipinski definition) is 5. The van der Waals surface area contributed by atoms with Crippen molar-refractivity contribution in [2.45, 2.75) is 51.5 Å². The predicted molar refractivity (Wildman–Crippen MR) is 98.1 cm³/mol. The summed E-state index contributed by atoms with van der Waals surface area (Å²) >= 11 is 0. The van der Waals surface area contributed by atoms with E-state index < -0.39 is 0 Å². The van der Waals surface area contributed by atoms with E-state index in [4.69, 9.17) is 10.8 Å². The summed E-state index contributed by atoms with van der Waals surface area (Å²) in [4.78, 5) is 22.3. The van der Waals surface area contributed by atoms with Crippen LogP contribution in [0.25, 0.3) is 11.0 Å². The number of nitrogen functional groups attached to an aromatic ring is 1. The molecule has 134 valence electrons. The number of rotatable bonds is 5. The van der Waals surface area contributed by atoms with Gasteiger partial charge in [-0.3, -0.25) is 4.79 Å². The van der Waals surface area contributed by atoms with Gasteiger partial charge in [-0.15, -0.1) is 0 Å². The summed E-state index contributed by atoms with van der Waals surface area (Å²) in [5.41, 5.74) is 7.82. The van der Waals surface area contributed by atoms with E-state index in [0.717, 1.165) is 36.0 Å². The number of nitrogens with two attached hydrogens (primary N) is 1. The van der Waals surface area contributed by atoms with E-state index in [2.05, 4.69) is 37.3 Å². The smallest absolute Gasteiger partial charge is 0.246 e. The number of likely N-dealkylation sites (tertiary alicyclic amines) is 1. The molecule has 0 radical (unpaired) electrons. The van der Waals surface area contributed by atoms with Gasteiger partial charge < -0.3 is 10.6 Å². The van der Waals surface area contributed by atoms with Crippen LogP contribution in [-0.2, 0) is 10.2 Å². The van der Waals surface area contributed by atoms with Gasteiger partial charge in [0.05, 0.1) is 17.1 Å². The summed E-state index contributed by atoms with van der Waals surface area (Å²) in [6, 6.07) is 0.0902. The second-order valence-electron chi connectivity index (χ2n) is 6.95. The highest BCUT2D eigenvalue weighted by atomic mass is 16.2. The van der Waals surface area contributed by atoms with Gasteiger partial charge in [-0.05, 0) is 25.3 Å². The predicted octanol–water partition coefficient (Wildman–Crippen LogP) is 2.45. The Morgan fingerprint density at radius 3 is 2.80 bits per heavy atom. The van der Waals surface area contributed by atoms with Crippen LogP contribution in [0.4, 0.5) is 5.82 Å². The quantitative estimate of drug-likeness (QED) is 0.843. The summed E-state index contributed by atoms with van der Waals surface area (Å²) in [5.74, 6) is 0.427. The molecule has 2 aromatic rings. The van der Waals surface area contributed by atoms with Gasteiger partial charge in [0.25, 0.3) is 0 Å². The first-order chi connectivity index (χ1) is 11.9. The zero-order valence-corrected chi connectivity index (χ0v) is 15.2. The molecule has 1 atom stereocenters. The Morgan fingerprint density at radius 1 is 1.44 bits per heavy atom. The van der Waals surface area contributed by atoms with Crippen molar-refractivity contribution >= 4 is 22.8 Å². The van der Waals surface area contributed by atoms with Crippen LogP contribution < -0.4 is 5.73 Å². The largest absolute Gasteiger partial charge is 0.383 e. The zero-order valence-electron chi connectivity index (χ0n) is 15.2. The van der Waals surface area contributed by atoms with E-state index in [1.165, 1.54) is 12.4 Å². The Morgan fingerprint density at radius 2 is 2.16 bits per heavy atom. The average molecular weight is 342 g/mol. The molecule has 0 saturated carbocycles. The van der Waals surface area contributed by atoms with Crippen molar-refractivity contribution in [2.75, 3.05) is 18.8 Å². The topological polar surface area (TPSA) is 89.9 Å². The van der Waals surface area contributed by atoms with E-state index >= 15 is 0 Å². The van der Waals surface area contributed by atoms with Gasteiger partial charge in [0.15, 0.2) is 5.65 Å². The lowest BCUT2D eigenvalue weighted by molar-refractivity contribution is -0.125. The molecule has 1 saturated heterocycles. The van der Waals surface area contributed by atoms with Gasteiger partial charge in [-0.2, -0.15) is 5.10 Å². The van der Waals surface area contributed by atoms with Crippen LogP contribution in [0.1, 0.15) is 51.8 Å². The lowest BCUT2D eigenvalue weighted by atomic mass is 9.80. The first kappa shape index (κ1) is 17.4. The summed E-state index contributed by atoms with van der Waals surface area (Å²) in [7, 11) is 0. The van der Waals surface area contributed by atoms with Crippen molar-refractivity contribution in [1.29, 1.82) is 0 Å². The number of nitrogens with zero attached hydrogens (tertiary/aromatic N) is 5. The molecular weight excluding hydrogens is 316 g/mol. The second-order valence-corrected chi connectivity index (χ2v) is 6.95. The molecule has 0 aromatic carbocycles. The molecule has 0 bridgehead atoms. The van der Waals surface area contributed by atoms with Crippen molar-refractivity contribution in [3.05, 3.63) is 24.7 Å². The fraction of sp³-hybridized carbons (Fsp3) is 0.556. The monoisotopic (exact) mass is 342 g/mol. The molecule has 7 heteroatoms. The standard InChI is InChI=1S/C18H26N6O/c1-5-13(25)23-9-8-12(10-23)24-17-14(16(19)20-11-21-17)15(22-24)18(4,6-2)7-3/h5,11-12H,1,6-10H2,2-4H3,(H2,19,20,21)/t12-/m1/s1. The Kier molecular flexibility index (Phi) is 4.49. The Labute approximate surface area is 147 Å². The summed E-state index contributed by atoms with van der Waals surface area (Å²) in [5, 5.41) is 5.79. The summed E-state index contributed by atoms with van der Waals surface area (Å²) in [6.07, 6.45) is 5.59. The van der Waals surface area contributed by atoms with Crippen LogP contribution >= 0.6 is 0 Å². The molecule has 1 fully saturated rings. The lowest BCUT2D eigenvalue weighted by Gasteiger charge is -2.25. The van der Waals surface area contributed by atoms with Crippen molar-refractivity contribution < 1.29 is 4.79 Å². The zero-order chi connectivity index (χ0) is 18.2.